The van der Waals surface area contributed by atoms with Crippen LogP contribution in [0.25, 0.3) is 11.0 Å². The van der Waals surface area contributed by atoms with Gasteiger partial charge in [0.15, 0.2) is 12.3 Å². The molecule has 1 N–H and O–H groups in total. The number of aryl methyl sites for hydroxylation is 1. The minimum absolute atomic E-state index is 0.0235. The van der Waals surface area contributed by atoms with Gasteiger partial charge in [-0.15, -0.1) is 0 Å². The Bertz CT molecular complexity index is 1170. The molecule has 0 radical (unpaired) electrons. The maximum absolute atomic E-state index is 13.3. The Labute approximate surface area is 183 Å². The fraction of sp³-hybridized carbons (Fsp3) is 0.435. The molecule has 0 bridgehead atoms. The summed E-state index contributed by atoms with van der Waals surface area (Å²) in [5.41, 5.74) is 2.68. The molecule has 0 atom stereocenters. The number of rotatable bonds is 5. The van der Waals surface area contributed by atoms with Crippen molar-refractivity contribution in [1.29, 1.82) is 0 Å². The van der Waals surface area contributed by atoms with Gasteiger partial charge in [-0.25, -0.2) is 9.67 Å². The Morgan fingerprint density at radius 2 is 1.94 bits per heavy atom. The van der Waals surface area contributed by atoms with Gasteiger partial charge in [-0.1, -0.05) is 6.07 Å². The number of hydrogen-bond acceptors (Lipinski definition) is 4. The molecule has 0 saturated heterocycles. The van der Waals surface area contributed by atoms with Crippen molar-refractivity contribution in [3.8, 4) is 5.75 Å². The summed E-state index contributed by atoms with van der Waals surface area (Å²) >= 11 is 0. The standard InChI is InChI=1S/C23H25F3N4O2/c1-13-19-17(11-18(14-8-9-14)28-20(19)30(29-13)22(2,3)4)21(31)27-15-6-5-7-16(10-15)32-12-23(24,25)26/h5-7,10-11,14H,8-9,12H2,1-4H3,(H,27,31). The van der Waals surface area contributed by atoms with E-state index in [9.17, 15) is 18.0 Å². The largest absolute Gasteiger partial charge is 0.484 e. The molecule has 1 aliphatic rings. The second-order valence-corrected chi connectivity index (χ2v) is 9.12. The molecular weight excluding hydrogens is 421 g/mol. The molecule has 4 rings (SSSR count). The zero-order chi connectivity index (χ0) is 23.3. The summed E-state index contributed by atoms with van der Waals surface area (Å²) in [6.07, 6.45) is -2.38. The van der Waals surface area contributed by atoms with Crippen LogP contribution in [0.15, 0.2) is 30.3 Å². The number of nitrogens with zero attached hydrogens (tertiary/aromatic N) is 3. The van der Waals surface area contributed by atoms with Gasteiger partial charge in [0.25, 0.3) is 5.91 Å². The number of benzene rings is 1. The lowest BCUT2D eigenvalue weighted by Gasteiger charge is -2.20. The van der Waals surface area contributed by atoms with Crippen LogP contribution in [-0.4, -0.2) is 33.5 Å². The van der Waals surface area contributed by atoms with E-state index < -0.39 is 12.8 Å². The lowest BCUT2D eigenvalue weighted by atomic mass is 10.1. The van der Waals surface area contributed by atoms with Crippen LogP contribution in [0.5, 0.6) is 5.75 Å². The average Bonchev–Trinajstić information content (AvgIpc) is 3.48. The summed E-state index contributed by atoms with van der Waals surface area (Å²) in [6, 6.07) is 7.72. The summed E-state index contributed by atoms with van der Waals surface area (Å²) in [5.74, 6) is -0.0205. The molecule has 6 nitrogen and oxygen atoms in total. The smallest absolute Gasteiger partial charge is 0.422 e. The van der Waals surface area contributed by atoms with Gasteiger partial charge in [0.2, 0.25) is 0 Å². The zero-order valence-corrected chi connectivity index (χ0v) is 18.4. The number of nitrogens with one attached hydrogen (secondary N) is 1. The molecule has 0 unspecified atom stereocenters. The van der Waals surface area contributed by atoms with Crippen LogP contribution in [0, 0.1) is 6.92 Å². The molecule has 2 heterocycles. The normalized spacial score (nSPS) is 14.6. The van der Waals surface area contributed by atoms with Crippen LogP contribution < -0.4 is 10.1 Å². The minimum atomic E-state index is -4.44. The van der Waals surface area contributed by atoms with Gasteiger partial charge in [0, 0.05) is 23.4 Å². The second-order valence-electron chi connectivity index (χ2n) is 9.12. The molecule has 1 aliphatic carbocycles. The van der Waals surface area contributed by atoms with Crippen LogP contribution in [0.1, 0.15) is 61.3 Å². The summed E-state index contributed by atoms with van der Waals surface area (Å²) in [5, 5.41) is 8.10. The molecule has 32 heavy (non-hydrogen) atoms. The third-order valence-electron chi connectivity index (χ3n) is 5.20. The number of carbonyl (C=O) groups is 1. The van der Waals surface area contributed by atoms with E-state index in [-0.39, 0.29) is 17.2 Å². The molecular formula is C23H25F3N4O2. The monoisotopic (exact) mass is 446 g/mol. The fourth-order valence-corrected chi connectivity index (χ4v) is 3.57. The summed E-state index contributed by atoms with van der Waals surface area (Å²) in [6.45, 7) is 6.51. The molecule has 3 aromatic rings. The number of halogens is 3. The molecule has 0 spiro atoms. The van der Waals surface area contributed by atoms with Gasteiger partial charge in [0.1, 0.15) is 5.75 Å². The van der Waals surface area contributed by atoms with Crippen LogP contribution >= 0.6 is 0 Å². The van der Waals surface area contributed by atoms with Gasteiger partial charge in [-0.2, -0.15) is 18.3 Å². The van der Waals surface area contributed by atoms with Crippen LogP contribution in [0.4, 0.5) is 18.9 Å². The van der Waals surface area contributed by atoms with Crippen molar-refractivity contribution in [2.24, 2.45) is 0 Å². The van der Waals surface area contributed by atoms with Crippen molar-refractivity contribution in [2.45, 2.75) is 58.2 Å². The number of amides is 1. The number of aromatic nitrogens is 3. The van der Waals surface area contributed by atoms with Crippen LogP contribution in [0.3, 0.4) is 0 Å². The van der Waals surface area contributed by atoms with Gasteiger partial charge in [-0.3, -0.25) is 4.79 Å². The predicted octanol–water partition coefficient (Wildman–Crippen LogP) is 5.57. The van der Waals surface area contributed by atoms with Crippen molar-refractivity contribution in [3.05, 3.63) is 47.3 Å². The quantitative estimate of drug-likeness (QED) is 0.557. The molecule has 0 aliphatic heterocycles. The summed E-state index contributed by atoms with van der Waals surface area (Å²) in [4.78, 5) is 18.1. The van der Waals surface area contributed by atoms with Crippen molar-refractivity contribution in [1.82, 2.24) is 14.8 Å². The molecule has 1 aromatic carbocycles. The van der Waals surface area contributed by atoms with Crippen molar-refractivity contribution < 1.29 is 22.7 Å². The van der Waals surface area contributed by atoms with E-state index in [2.05, 4.69) is 10.4 Å². The fourth-order valence-electron chi connectivity index (χ4n) is 3.57. The highest BCUT2D eigenvalue weighted by atomic mass is 19.4. The molecule has 1 fully saturated rings. The highest BCUT2D eigenvalue weighted by Gasteiger charge is 2.31. The number of alkyl halides is 3. The number of ether oxygens (including phenoxy) is 1. The van der Waals surface area contributed by atoms with E-state index in [1.807, 2.05) is 32.4 Å². The Kier molecular flexibility index (Phi) is 5.38. The van der Waals surface area contributed by atoms with Crippen LogP contribution in [0.2, 0.25) is 0 Å². The first-order chi connectivity index (χ1) is 14.9. The van der Waals surface area contributed by atoms with Crippen LogP contribution in [-0.2, 0) is 5.54 Å². The van der Waals surface area contributed by atoms with E-state index in [1.54, 1.807) is 12.1 Å². The van der Waals surface area contributed by atoms with Crippen molar-refractivity contribution in [3.63, 3.8) is 0 Å². The number of carbonyl (C=O) groups excluding carboxylic acids is 1. The third-order valence-corrected chi connectivity index (χ3v) is 5.20. The van der Waals surface area contributed by atoms with E-state index >= 15 is 0 Å². The molecule has 170 valence electrons. The topological polar surface area (TPSA) is 69.0 Å². The maximum atomic E-state index is 13.3. The SMILES string of the molecule is Cc1nn(C(C)(C)C)c2nc(C3CC3)cc(C(=O)Nc3cccc(OCC(F)(F)F)c3)c12. The molecule has 9 heteroatoms. The average molecular weight is 446 g/mol. The minimum Gasteiger partial charge on any atom is -0.484 e. The molecule has 1 saturated carbocycles. The van der Waals surface area contributed by atoms with Gasteiger partial charge >= 0.3 is 6.18 Å². The Balaban J connectivity index is 1.69. The Morgan fingerprint density at radius 3 is 2.56 bits per heavy atom. The maximum Gasteiger partial charge on any atom is 0.422 e. The van der Waals surface area contributed by atoms with Gasteiger partial charge < -0.3 is 10.1 Å². The highest BCUT2D eigenvalue weighted by Crippen LogP contribution is 2.41. The van der Waals surface area contributed by atoms with Crippen molar-refractivity contribution in [2.75, 3.05) is 11.9 Å². The first-order valence-electron chi connectivity index (χ1n) is 10.4. The van der Waals surface area contributed by atoms with Gasteiger partial charge in [0.05, 0.1) is 22.2 Å². The summed E-state index contributed by atoms with van der Waals surface area (Å²) in [7, 11) is 0. The van der Waals surface area contributed by atoms with Crippen molar-refractivity contribution >= 4 is 22.6 Å². The number of anilines is 1. The van der Waals surface area contributed by atoms with E-state index in [0.717, 1.165) is 18.5 Å². The number of fused-ring (bicyclic) bond motifs is 1. The Hall–Kier alpha value is -3.10. The lowest BCUT2D eigenvalue weighted by molar-refractivity contribution is -0.153. The van der Waals surface area contributed by atoms with E-state index in [4.69, 9.17) is 9.72 Å². The third kappa shape index (κ3) is 4.71. The Morgan fingerprint density at radius 1 is 1.22 bits per heavy atom. The van der Waals surface area contributed by atoms with Gasteiger partial charge in [-0.05, 0) is 58.7 Å². The first-order valence-corrected chi connectivity index (χ1v) is 10.4. The lowest BCUT2D eigenvalue weighted by Crippen LogP contribution is -2.23. The van der Waals surface area contributed by atoms with E-state index in [0.29, 0.717) is 33.9 Å². The molecule has 1 amide bonds. The number of hydrogen-bond donors (Lipinski definition) is 1. The summed E-state index contributed by atoms with van der Waals surface area (Å²) < 4.78 is 44.0. The highest BCUT2D eigenvalue weighted by molar-refractivity contribution is 6.12. The molecule has 2 aromatic heterocycles. The van der Waals surface area contributed by atoms with E-state index in [1.165, 1.54) is 18.2 Å². The first kappa shape index (κ1) is 22.1. The second kappa shape index (κ2) is 7.79. The number of pyridine rings is 1. The zero-order valence-electron chi connectivity index (χ0n) is 18.4. The predicted molar refractivity (Wildman–Crippen MR) is 115 cm³/mol.